The summed E-state index contributed by atoms with van der Waals surface area (Å²) >= 11 is 0. The van der Waals surface area contributed by atoms with Crippen molar-refractivity contribution in [2.24, 2.45) is 5.92 Å². The van der Waals surface area contributed by atoms with Crippen LogP contribution in [0, 0.1) is 12.8 Å². The van der Waals surface area contributed by atoms with E-state index in [4.69, 9.17) is 19.1 Å². The van der Waals surface area contributed by atoms with E-state index in [0.717, 1.165) is 28.7 Å². The lowest BCUT2D eigenvalue weighted by Crippen LogP contribution is -2.21. The minimum atomic E-state index is -1.81. The number of fused-ring (bicyclic) bond motifs is 1. The van der Waals surface area contributed by atoms with Crippen LogP contribution in [0.15, 0.2) is 22.6 Å². The summed E-state index contributed by atoms with van der Waals surface area (Å²) in [4.78, 5) is 0. The molecule has 2 aromatic rings. The van der Waals surface area contributed by atoms with Crippen LogP contribution in [0.2, 0.25) is 0 Å². The molecule has 0 fully saturated rings. The fraction of sp³-hybridized carbons (Fsp3) is 0.385. The van der Waals surface area contributed by atoms with Gasteiger partial charge in [0.05, 0.1) is 0 Å². The van der Waals surface area contributed by atoms with Crippen molar-refractivity contribution in [1.82, 2.24) is 0 Å². The molecule has 4 nitrogen and oxygen atoms in total. The van der Waals surface area contributed by atoms with Crippen LogP contribution in [0.3, 0.4) is 0 Å². The third-order valence-electron chi connectivity index (χ3n) is 2.78. The average Bonchev–Trinajstić information content (AvgIpc) is 2.64. The Hall–Kier alpha value is -1.46. The maximum atomic E-state index is 8.83. The number of hydrogen-bond acceptors (Lipinski definition) is 4. The molecule has 0 aliphatic heterocycles. The zero-order valence-electron chi connectivity index (χ0n) is 10.8. The molecular weight excluding hydrogens is 231 g/mol. The molecule has 0 unspecified atom stereocenters. The van der Waals surface area contributed by atoms with Crippen molar-refractivity contribution in [2.75, 3.05) is 0 Å². The molecule has 0 radical (unpaired) electrons. The van der Waals surface area contributed by atoms with Gasteiger partial charge in [-0.2, -0.15) is 0 Å². The van der Waals surface area contributed by atoms with Crippen LogP contribution in [0.25, 0.3) is 11.0 Å². The second-order valence-corrected chi connectivity index (χ2v) is 4.86. The van der Waals surface area contributed by atoms with Gasteiger partial charge in [-0.15, -0.1) is 0 Å². The van der Waals surface area contributed by atoms with Crippen LogP contribution < -0.4 is 4.65 Å². The number of hydrogen-bond donors (Lipinski definition) is 2. The quantitative estimate of drug-likeness (QED) is 0.815. The Morgan fingerprint density at radius 3 is 2.67 bits per heavy atom. The van der Waals surface area contributed by atoms with Crippen molar-refractivity contribution in [3.63, 3.8) is 0 Å². The SMILES string of the molecule is Cc1c(OB(O)O)ccc2cc(CC(C)C)oc12. The molecule has 0 atom stereocenters. The first-order chi connectivity index (χ1) is 8.47. The maximum absolute atomic E-state index is 8.83. The van der Waals surface area contributed by atoms with Crippen molar-refractivity contribution >= 4 is 18.3 Å². The van der Waals surface area contributed by atoms with Crippen LogP contribution in [-0.2, 0) is 6.42 Å². The predicted octanol–water partition coefficient (Wildman–Crippen LogP) is 2.29. The summed E-state index contributed by atoms with van der Waals surface area (Å²) in [6.07, 6.45) is 0.882. The van der Waals surface area contributed by atoms with Crippen molar-refractivity contribution in [2.45, 2.75) is 27.2 Å². The number of benzene rings is 1. The summed E-state index contributed by atoms with van der Waals surface area (Å²) in [5, 5.41) is 18.7. The highest BCUT2D eigenvalue weighted by atomic mass is 16.6. The van der Waals surface area contributed by atoms with E-state index in [1.54, 1.807) is 6.07 Å². The van der Waals surface area contributed by atoms with Gasteiger partial charge in [-0.25, -0.2) is 0 Å². The monoisotopic (exact) mass is 248 g/mol. The van der Waals surface area contributed by atoms with Crippen molar-refractivity contribution in [3.05, 3.63) is 29.5 Å². The lowest BCUT2D eigenvalue weighted by atomic mass is 10.1. The Bertz CT molecular complexity index is 545. The van der Waals surface area contributed by atoms with Gasteiger partial charge in [-0.1, -0.05) is 13.8 Å². The first kappa shape index (κ1) is 13.0. The Labute approximate surface area is 106 Å². The van der Waals surface area contributed by atoms with E-state index in [9.17, 15) is 0 Å². The molecule has 5 heteroatoms. The Kier molecular flexibility index (Phi) is 3.64. The Balaban J connectivity index is 2.40. The van der Waals surface area contributed by atoms with Gasteiger partial charge < -0.3 is 19.1 Å². The summed E-state index contributed by atoms with van der Waals surface area (Å²) in [6, 6.07) is 5.58. The Morgan fingerprint density at radius 1 is 1.33 bits per heavy atom. The maximum Gasteiger partial charge on any atom is 0.707 e. The normalized spacial score (nSPS) is 11.2. The molecule has 0 bridgehead atoms. The smallest absolute Gasteiger partial charge is 0.512 e. The lowest BCUT2D eigenvalue weighted by Gasteiger charge is -2.07. The lowest BCUT2D eigenvalue weighted by molar-refractivity contribution is 0.287. The van der Waals surface area contributed by atoms with Gasteiger partial charge in [0, 0.05) is 17.4 Å². The highest BCUT2D eigenvalue weighted by molar-refractivity contribution is 6.33. The molecule has 1 aromatic heterocycles. The van der Waals surface area contributed by atoms with E-state index in [2.05, 4.69) is 13.8 Å². The molecule has 1 aromatic carbocycles. The Morgan fingerprint density at radius 2 is 2.06 bits per heavy atom. The highest BCUT2D eigenvalue weighted by Gasteiger charge is 2.16. The van der Waals surface area contributed by atoms with Crippen LogP contribution in [0.4, 0.5) is 0 Å². The van der Waals surface area contributed by atoms with Gasteiger partial charge in [0.1, 0.15) is 17.1 Å². The molecule has 0 spiro atoms. The molecule has 0 saturated carbocycles. The topological polar surface area (TPSA) is 62.8 Å². The van der Waals surface area contributed by atoms with E-state index >= 15 is 0 Å². The molecule has 2 N–H and O–H groups in total. The minimum absolute atomic E-state index is 0.419. The third kappa shape index (κ3) is 2.68. The van der Waals surface area contributed by atoms with Gasteiger partial charge in [0.25, 0.3) is 0 Å². The van der Waals surface area contributed by atoms with Gasteiger partial charge in [-0.05, 0) is 31.0 Å². The molecule has 0 aliphatic carbocycles. The largest absolute Gasteiger partial charge is 0.707 e. The molecule has 0 amide bonds. The molecule has 0 saturated heterocycles. The summed E-state index contributed by atoms with van der Waals surface area (Å²) in [7, 11) is -1.81. The van der Waals surface area contributed by atoms with E-state index in [1.165, 1.54) is 0 Å². The average molecular weight is 248 g/mol. The first-order valence-electron chi connectivity index (χ1n) is 6.02. The zero-order valence-corrected chi connectivity index (χ0v) is 10.8. The first-order valence-corrected chi connectivity index (χ1v) is 6.02. The predicted molar refractivity (Wildman–Crippen MR) is 70.3 cm³/mol. The van der Waals surface area contributed by atoms with Crippen LogP contribution >= 0.6 is 0 Å². The van der Waals surface area contributed by atoms with Gasteiger partial charge >= 0.3 is 7.32 Å². The summed E-state index contributed by atoms with van der Waals surface area (Å²) in [5.41, 5.74) is 1.51. The molecular formula is C13H17BO4. The fourth-order valence-corrected chi connectivity index (χ4v) is 2.02. The van der Waals surface area contributed by atoms with Gasteiger partial charge in [0.15, 0.2) is 0 Å². The standard InChI is InChI=1S/C13H17BO4/c1-8(2)6-11-7-10-4-5-12(18-14(15)16)9(3)13(10)17-11/h4-5,7-8,15-16H,6H2,1-3H3. The summed E-state index contributed by atoms with van der Waals surface area (Å²) < 4.78 is 10.7. The number of furan rings is 1. The van der Waals surface area contributed by atoms with Crippen molar-refractivity contribution in [3.8, 4) is 5.75 Å². The second-order valence-electron chi connectivity index (χ2n) is 4.86. The highest BCUT2D eigenvalue weighted by Crippen LogP contribution is 2.30. The van der Waals surface area contributed by atoms with Crippen LogP contribution in [0.1, 0.15) is 25.2 Å². The molecule has 96 valence electrons. The van der Waals surface area contributed by atoms with Crippen LogP contribution in [0.5, 0.6) is 5.75 Å². The second kappa shape index (κ2) is 5.04. The van der Waals surface area contributed by atoms with Crippen molar-refractivity contribution < 1.29 is 19.1 Å². The fourth-order valence-electron chi connectivity index (χ4n) is 2.02. The number of aryl methyl sites for hydroxylation is 1. The van der Waals surface area contributed by atoms with E-state index in [1.807, 2.05) is 19.1 Å². The van der Waals surface area contributed by atoms with E-state index in [0.29, 0.717) is 11.7 Å². The molecule has 1 heterocycles. The summed E-state index contributed by atoms with van der Waals surface area (Å²) in [6.45, 7) is 6.11. The van der Waals surface area contributed by atoms with Crippen LogP contribution in [-0.4, -0.2) is 17.4 Å². The minimum Gasteiger partial charge on any atom is -0.512 e. The molecule has 18 heavy (non-hydrogen) atoms. The summed E-state index contributed by atoms with van der Waals surface area (Å²) in [5.74, 6) is 1.88. The van der Waals surface area contributed by atoms with E-state index in [-0.39, 0.29) is 0 Å². The zero-order chi connectivity index (χ0) is 13.3. The molecule has 0 aliphatic rings. The van der Waals surface area contributed by atoms with Gasteiger partial charge in [-0.3, -0.25) is 0 Å². The third-order valence-corrected chi connectivity index (χ3v) is 2.78. The van der Waals surface area contributed by atoms with E-state index < -0.39 is 7.32 Å². The van der Waals surface area contributed by atoms with Crippen molar-refractivity contribution in [1.29, 1.82) is 0 Å². The number of rotatable bonds is 4. The van der Waals surface area contributed by atoms with Gasteiger partial charge in [0.2, 0.25) is 0 Å². The molecule has 2 rings (SSSR count).